The molecule has 1 aliphatic rings. The number of aliphatic hydroxyl groups is 1. The minimum absolute atomic E-state index is 0.0212. The molecule has 0 aliphatic heterocycles. The number of nitrogens with zero attached hydrogens (tertiary/aromatic N) is 3. The highest BCUT2D eigenvalue weighted by atomic mass is 16.3. The second-order valence-corrected chi connectivity index (χ2v) is 7.01. The SMILES string of the molecule is O=C(N[C@@H](Cc1ccccc1)C1CC(O)C1)c1ccccc1-n1cncn1. The molecule has 1 saturated carbocycles. The summed E-state index contributed by atoms with van der Waals surface area (Å²) in [5.74, 6) is 0.145. The number of hydrogen-bond acceptors (Lipinski definition) is 4. The van der Waals surface area contributed by atoms with Crippen LogP contribution in [0.15, 0.2) is 67.3 Å². The van der Waals surface area contributed by atoms with Crippen molar-refractivity contribution in [1.82, 2.24) is 20.1 Å². The summed E-state index contributed by atoms with van der Waals surface area (Å²) in [6, 6.07) is 17.5. The first kappa shape index (κ1) is 17.4. The van der Waals surface area contributed by atoms with Crippen LogP contribution in [-0.2, 0) is 6.42 Å². The highest BCUT2D eigenvalue weighted by Gasteiger charge is 2.35. The Morgan fingerprint density at radius 1 is 1.15 bits per heavy atom. The number of aliphatic hydroxyl groups excluding tert-OH is 1. The molecule has 4 rings (SSSR count). The Morgan fingerprint density at radius 3 is 2.59 bits per heavy atom. The number of carbonyl (C=O) groups excluding carboxylic acids is 1. The first-order chi connectivity index (χ1) is 13.2. The van der Waals surface area contributed by atoms with E-state index in [1.54, 1.807) is 17.1 Å². The molecular weight excluding hydrogens is 340 g/mol. The quantitative estimate of drug-likeness (QED) is 0.706. The van der Waals surface area contributed by atoms with Gasteiger partial charge in [0.25, 0.3) is 5.91 Å². The Labute approximate surface area is 157 Å². The first-order valence-electron chi connectivity index (χ1n) is 9.17. The third kappa shape index (κ3) is 3.90. The van der Waals surface area contributed by atoms with Crippen molar-refractivity contribution in [2.75, 3.05) is 0 Å². The summed E-state index contributed by atoms with van der Waals surface area (Å²) < 4.78 is 1.59. The van der Waals surface area contributed by atoms with E-state index in [9.17, 15) is 9.90 Å². The average molecular weight is 362 g/mol. The number of para-hydroxylation sites is 1. The van der Waals surface area contributed by atoms with E-state index in [4.69, 9.17) is 0 Å². The molecule has 1 aromatic heterocycles. The Kier molecular flexibility index (Phi) is 4.98. The van der Waals surface area contributed by atoms with Crippen molar-refractivity contribution < 1.29 is 9.90 Å². The predicted octanol–water partition coefficient (Wildman–Crippen LogP) is 2.38. The molecule has 1 amide bonds. The van der Waals surface area contributed by atoms with Crippen LogP contribution in [0.25, 0.3) is 5.69 Å². The Bertz CT molecular complexity index is 890. The van der Waals surface area contributed by atoms with Crippen LogP contribution >= 0.6 is 0 Å². The lowest BCUT2D eigenvalue weighted by Crippen LogP contribution is -2.48. The fourth-order valence-electron chi connectivity index (χ4n) is 3.61. The molecule has 27 heavy (non-hydrogen) atoms. The summed E-state index contributed by atoms with van der Waals surface area (Å²) in [5.41, 5.74) is 2.43. The number of benzene rings is 2. The van der Waals surface area contributed by atoms with Gasteiger partial charge in [-0.1, -0.05) is 42.5 Å². The van der Waals surface area contributed by atoms with Gasteiger partial charge in [0.15, 0.2) is 0 Å². The van der Waals surface area contributed by atoms with Crippen LogP contribution in [-0.4, -0.2) is 37.9 Å². The molecule has 6 nitrogen and oxygen atoms in total. The summed E-state index contributed by atoms with van der Waals surface area (Å²) in [7, 11) is 0. The third-order valence-corrected chi connectivity index (χ3v) is 5.15. The molecule has 0 saturated heterocycles. The van der Waals surface area contributed by atoms with Crippen LogP contribution in [0.3, 0.4) is 0 Å². The second-order valence-electron chi connectivity index (χ2n) is 7.01. The van der Waals surface area contributed by atoms with Gasteiger partial charge in [0.05, 0.1) is 17.4 Å². The maximum Gasteiger partial charge on any atom is 0.253 e. The second kappa shape index (κ2) is 7.72. The van der Waals surface area contributed by atoms with E-state index in [0.717, 1.165) is 19.3 Å². The molecule has 0 radical (unpaired) electrons. The van der Waals surface area contributed by atoms with Crippen LogP contribution in [0.2, 0.25) is 0 Å². The summed E-state index contributed by atoms with van der Waals surface area (Å²) in [4.78, 5) is 17.0. The number of nitrogens with one attached hydrogen (secondary N) is 1. The average Bonchev–Trinajstić information content (AvgIpc) is 3.20. The molecule has 1 aliphatic carbocycles. The number of amides is 1. The summed E-state index contributed by atoms with van der Waals surface area (Å²) in [5, 5.41) is 17.1. The topological polar surface area (TPSA) is 80.0 Å². The van der Waals surface area contributed by atoms with Crippen molar-refractivity contribution in [2.24, 2.45) is 5.92 Å². The van der Waals surface area contributed by atoms with E-state index in [1.165, 1.54) is 11.9 Å². The Morgan fingerprint density at radius 2 is 1.89 bits per heavy atom. The van der Waals surface area contributed by atoms with Crippen molar-refractivity contribution in [1.29, 1.82) is 0 Å². The van der Waals surface area contributed by atoms with Gasteiger partial charge in [0, 0.05) is 6.04 Å². The highest BCUT2D eigenvalue weighted by Crippen LogP contribution is 2.32. The molecule has 6 heteroatoms. The minimum atomic E-state index is -0.257. The molecule has 1 atom stereocenters. The number of hydrogen-bond donors (Lipinski definition) is 2. The summed E-state index contributed by atoms with van der Waals surface area (Å²) >= 11 is 0. The van der Waals surface area contributed by atoms with Gasteiger partial charge in [-0.2, -0.15) is 5.10 Å². The van der Waals surface area contributed by atoms with Crippen molar-refractivity contribution in [3.05, 3.63) is 78.4 Å². The highest BCUT2D eigenvalue weighted by molar-refractivity contribution is 5.97. The molecule has 0 bridgehead atoms. The van der Waals surface area contributed by atoms with Crippen molar-refractivity contribution in [3.8, 4) is 5.69 Å². The largest absolute Gasteiger partial charge is 0.393 e. The molecule has 138 valence electrons. The van der Waals surface area contributed by atoms with Crippen molar-refractivity contribution in [2.45, 2.75) is 31.4 Å². The molecule has 0 unspecified atom stereocenters. The maximum atomic E-state index is 13.1. The van der Waals surface area contributed by atoms with Crippen LogP contribution in [0, 0.1) is 5.92 Å². The minimum Gasteiger partial charge on any atom is -0.393 e. The summed E-state index contributed by atoms with van der Waals surface area (Å²) in [6.45, 7) is 0. The van der Waals surface area contributed by atoms with Gasteiger partial charge >= 0.3 is 0 Å². The molecule has 1 heterocycles. The van der Waals surface area contributed by atoms with E-state index in [2.05, 4.69) is 27.5 Å². The van der Waals surface area contributed by atoms with Crippen molar-refractivity contribution >= 4 is 5.91 Å². The molecule has 2 aromatic carbocycles. The van der Waals surface area contributed by atoms with Crippen molar-refractivity contribution in [3.63, 3.8) is 0 Å². The monoisotopic (exact) mass is 362 g/mol. The van der Waals surface area contributed by atoms with E-state index in [1.807, 2.05) is 36.4 Å². The summed E-state index contributed by atoms with van der Waals surface area (Å²) in [6.07, 6.45) is 4.96. The van der Waals surface area contributed by atoms with Crippen LogP contribution < -0.4 is 5.32 Å². The van der Waals surface area contributed by atoms with Crippen LogP contribution in [0.1, 0.15) is 28.8 Å². The molecule has 1 fully saturated rings. The molecule has 2 N–H and O–H groups in total. The van der Waals surface area contributed by atoms with Gasteiger partial charge in [0.1, 0.15) is 12.7 Å². The van der Waals surface area contributed by atoms with Gasteiger partial charge < -0.3 is 10.4 Å². The zero-order valence-corrected chi connectivity index (χ0v) is 14.9. The zero-order valence-electron chi connectivity index (χ0n) is 14.9. The van der Waals surface area contributed by atoms with Crippen LogP contribution in [0.4, 0.5) is 0 Å². The lowest BCUT2D eigenvalue weighted by atomic mass is 9.75. The predicted molar refractivity (Wildman–Crippen MR) is 101 cm³/mol. The fourth-order valence-corrected chi connectivity index (χ4v) is 3.61. The first-order valence-corrected chi connectivity index (χ1v) is 9.17. The normalized spacial score (nSPS) is 19.9. The number of carbonyl (C=O) groups is 1. The maximum absolute atomic E-state index is 13.1. The van der Waals surface area contributed by atoms with Gasteiger partial charge in [-0.25, -0.2) is 9.67 Å². The lowest BCUT2D eigenvalue weighted by molar-refractivity contribution is 0.0239. The zero-order chi connectivity index (χ0) is 18.6. The molecule has 0 spiro atoms. The molecular formula is C21H22N4O2. The Balaban J connectivity index is 1.55. The third-order valence-electron chi connectivity index (χ3n) is 5.15. The van der Waals surface area contributed by atoms with Gasteiger partial charge in [0.2, 0.25) is 0 Å². The smallest absolute Gasteiger partial charge is 0.253 e. The molecule has 3 aromatic rings. The van der Waals surface area contributed by atoms with Gasteiger partial charge in [-0.05, 0) is 42.9 Å². The van der Waals surface area contributed by atoms with E-state index in [-0.39, 0.29) is 24.0 Å². The van der Waals surface area contributed by atoms with E-state index < -0.39 is 0 Å². The van der Waals surface area contributed by atoms with Gasteiger partial charge in [-0.15, -0.1) is 0 Å². The number of aromatic nitrogens is 3. The number of rotatable bonds is 6. The fraction of sp³-hybridized carbons (Fsp3) is 0.286. The van der Waals surface area contributed by atoms with E-state index in [0.29, 0.717) is 11.3 Å². The lowest BCUT2D eigenvalue weighted by Gasteiger charge is -2.38. The Hall–Kier alpha value is -2.99. The van der Waals surface area contributed by atoms with E-state index >= 15 is 0 Å². The van der Waals surface area contributed by atoms with Crippen LogP contribution in [0.5, 0.6) is 0 Å². The van der Waals surface area contributed by atoms with Gasteiger partial charge in [-0.3, -0.25) is 4.79 Å². The standard InChI is InChI=1S/C21H22N4O2/c26-17-11-16(12-17)19(10-15-6-2-1-3-7-15)24-21(27)18-8-4-5-9-20(18)25-14-22-13-23-25/h1-9,13-14,16-17,19,26H,10-12H2,(H,24,27)/t16?,17?,19-/m0/s1.